The molecule has 0 spiro atoms. The van der Waals surface area contributed by atoms with E-state index < -0.39 is 17.6 Å². The van der Waals surface area contributed by atoms with Crippen LogP contribution < -0.4 is 10.6 Å². The monoisotopic (exact) mass is 457 g/mol. The maximum Gasteiger partial charge on any atom is 0.408 e. The second kappa shape index (κ2) is 8.62. The lowest BCUT2D eigenvalue weighted by molar-refractivity contribution is -0.136. The first-order valence-corrected chi connectivity index (χ1v) is 11.1. The van der Waals surface area contributed by atoms with Crippen molar-refractivity contribution in [3.05, 3.63) is 83.7 Å². The molecule has 1 saturated carbocycles. The Morgan fingerprint density at radius 1 is 0.971 bits per heavy atom. The molecule has 1 heterocycles. The van der Waals surface area contributed by atoms with Gasteiger partial charge in [-0.25, -0.2) is 4.79 Å². The van der Waals surface area contributed by atoms with Crippen LogP contribution in [0.3, 0.4) is 0 Å². The van der Waals surface area contributed by atoms with Gasteiger partial charge in [-0.3, -0.25) is 14.6 Å². The van der Waals surface area contributed by atoms with Crippen molar-refractivity contribution in [2.24, 2.45) is 0 Å². The van der Waals surface area contributed by atoms with Gasteiger partial charge in [0.25, 0.3) is 0 Å². The third-order valence-corrected chi connectivity index (χ3v) is 6.28. The fourth-order valence-electron chi connectivity index (χ4n) is 4.37. The van der Waals surface area contributed by atoms with Crippen LogP contribution in [0.2, 0.25) is 0 Å². The molecule has 8 heteroatoms. The molecule has 1 aromatic heterocycles. The SMILES string of the molecule is O=C(O)Cc1ccc(NC(=O)C2(NC(=O)OCC3c4ccccc4-c4ccccc43)CC2)cn1. The number of hydrogen-bond donors (Lipinski definition) is 3. The number of nitrogens with one attached hydrogen (secondary N) is 2. The number of carboxylic acid groups (broad SMARTS) is 1. The zero-order valence-electron chi connectivity index (χ0n) is 18.3. The summed E-state index contributed by atoms with van der Waals surface area (Å²) in [6.07, 6.45) is 1.59. The minimum Gasteiger partial charge on any atom is -0.481 e. The molecular formula is C26H23N3O5. The van der Waals surface area contributed by atoms with E-state index in [0.717, 1.165) is 22.3 Å². The molecule has 0 radical (unpaired) electrons. The van der Waals surface area contributed by atoms with E-state index in [0.29, 0.717) is 24.2 Å². The normalized spacial score (nSPS) is 15.1. The van der Waals surface area contributed by atoms with Gasteiger partial charge < -0.3 is 20.5 Å². The standard InChI is InChI=1S/C26H23N3O5/c30-23(31)13-16-9-10-17(14-27-16)28-24(32)26(11-12-26)29-25(33)34-15-22-20-7-3-1-5-18(20)19-6-2-4-8-21(19)22/h1-10,14,22H,11-13,15H2,(H,28,32)(H,29,33)(H,30,31). The van der Waals surface area contributed by atoms with Crippen LogP contribution in [0, 0.1) is 0 Å². The summed E-state index contributed by atoms with van der Waals surface area (Å²) in [5.74, 6) is -1.39. The van der Waals surface area contributed by atoms with Gasteiger partial charge in [0.2, 0.25) is 5.91 Å². The number of rotatable bonds is 7. The summed E-state index contributed by atoms with van der Waals surface area (Å²) < 4.78 is 5.57. The maximum absolute atomic E-state index is 12.8. The molecule has 2 aliphatic rings. The maximum atomic E-state index is 12.8. The molecule has 0 bridgehead atoms. The van der Waals surface area contributed by atoms with Crippen LogP contribution in [0.5, 0.6) is 0 Å². The molecule has 172 valence electrons. The van der Waals surface area contributed by atoms with Crippen LogP contribution in [0.1, 0.15) is 35.6 Å². The van der Waals surface area contributed by atoms with Crippen molar-refractivity contribution >= 4 is 23.7 Å². The second-order valence-electron chi connectivity index (χ2n) is 8.60. The number of anilines is 1. The topological polar surface area (TPSA) is 118 Å². The highest BCUT2D eigenvalue weighted by atomic mass is 16.5. The summed E-state index contributed by atoms with van der Waals surface area (Å²) in [5, 5.41) is 14.3. The van der Waals surface area contributed by atoms with Gasteiger partial charge in [-0.1, -0.05) is 48.5 Å². The van der Waals surface area contributed by atoms with Crippen LogP contribution in [0.4, 0.5) is 10.5 Å². The summed E-state index contributed by atoms with van der Waals surface area (Å²) in [6, 6.07) is 19.3. The highest BCUT2D eigenvalue weighted by Crippen LogP contribution is 2.44. The molecule has 2 aliphatic carbocycles. The van der Waals surface area contributed by atoms with Gasteiger partial charge in [0.05, 0.1) is 24.0 Å². The van der Waals surface area contributed by atoms with Crippen molar-refractivity contribution in [2.75, 3.05) is 11.9 Å². The minimum absolute atomic E-state index is 0.0579. The van der Waals surface area contributed by atoms with Crippen molar-refractivity contribution in [3.63, 3.8) is 0 Å². The van der Waals surface area contributed by atoms with E-state index in [2.05, 4.69) is 27.8 Å². The number of carboxylic acids is 1. The Kier molecular flexibility index (Phi) is 5.49. The van der Waals surface area contributed by atoms with E-state index >= 15 is 0 Å². The Labute approximate surface area is 196 Å². The molecule has 3 N–H and O–H groups in total. The smallest absolute Gasteiger partial charge is 0.408 e. The van der Waals surface area contributed by atoms with Gasteiger partial charge in [-0.05, 0) is 47.2 Å². The molecule has 5 rings (SSSR count). The van der Waals surface area contributed by atoms with Crippen molar-refractivity contribution in [1.82, 2.24) is 10.3 Å². The zero-order chi connectivity index (χ0) is 23.7. The number of aliphatic carboxylic acids is 1. The number of amides is 2. The van der Waals surface area contributed by atoms with E-state index in [-0.39, 0.29) is 24.9 Å². The van der Waals surface area contributed by atoms with E-state index in [1.165, 1.54) is 6.20 Å². The number of hydrogen-bond acceptors (Lipinski definition) is 5. The predicted octanol–water partition coefficient (Wildman–Crippen LogP) is 3.72. The van der Waals surface area contributed by atoms with Crippen LogP contribution in [0.15, 0.2) is 66.9 Å². The van der Waals surface area contributed by atoms with Crippen molar-refractivity contribution < 1.29 is 24.2 Å². The van der Waals surface area contributed by atoms with Gasteiger partial charge in [0, 0.05) is 5.92 Å². The molecule has 2 amide bonds. The minimum atomic E-state index is -1.01. The Balaban J connectivity index is 1.20. The molecule has 0 saturated heterocycles. The molecule has 8 nitrogen and oxygen atoms in total. The van der Waals surface area contributed by atoms with E-state index in [9.17, 15) is 14.4 Å². The van der Waals surface area contributed by atoms with Gasteiger partial charge in [-0.2, -0.15) is 0 Å². The van der Waals surface area contributed by atoms with Crippen LogP contribution in [0.25, 0.3) is 11.1 Å². The first kappa shape index (κ1) is 21.6. The van der Waals surface area contributed by atoms with Crippen molar-refractivity contribution in [3.8, 4) is 11.1 Å². The van der Waals surface area contributed by atoms with E-state index in [4.69, 9.17) is 9.84 Å². The van der Waals surface area contributed by atoms with Crippen molar-refractivity contribution in [1.29, 1.82) is 0 Å². The summed E-state index contributed by atoms with van der Waals surface area (Å²) in [4.78, 5) is 40.2. The quantitative estimate of drug-likeness (QED) is 0.498. The third kappa shape index (κ3) is 4.22. The second-order valence-corrected chi connectivity index (χ2v) is 8.60. The molecule has 3 aromatic rings. The third-order valence-electron chi connectivity index (χ3n) is 6.28. The number of ether oxygens (including phenoxy) is 1. The number of fused-ring (bicyclic) bond motifs is 3. The van der Waals surface area contributed by atoms with Crippen LogP contribution >= 0.6 is 0 Å². The Bertz CT molecular complexity index is 1220. The molecular weight excluding hydrogens is 434 g/mol. The van der Waals surface area contributed by atoms with Crippen LogP contribution in [-0.4, -0.2) is 40.2 Å². The summed E-state index contributed by atoms with van der Waals surface area (Å²) >= 11 is 0. The molecule has 0 unspecified atom stereocenters. The van der Waals surface area contributed by atoms with Crippen molar-refractivity contribution in [2.45, 2.75) is 30.7 Å². The average Bonchev–Trinajstić information content (AvgIpc) is 3.54. The average molecular weight is 457 g/mol. The number of carbonyl (C=O) groups is 3. The molecule has 2 aromatic carbocycles. The lowest BCUT2D eigenvalue weighted by atomic mass is 9.98. The Hall–Kier alpha value is -4.20. The van der Waals surface area contributed by atoms with Gasteiger partial charge in [-0.15, -0.1) is 0 Å². The summed E-state index contributed by atoms with van der Waals surface area (Å²) in [6.45, 7) is 0.173. The number of nitrogens with zero attached hydrogens (tertiary/aromatic N) is 1. The fourth-order valence-corrected chi connectivity index (χ4v) is 4.37. The van der Waals surface area contributed by atoms with Crippen LogP contribution in [-0.2, 0) is 20.7 Å². The molecule has 1 fully saturated rings. The highest BCUT2D eigenvalue weighted by Gasteiger charge is 2.51. The van der Waals surface area contributed by atoms with Gasteiger partial charge in [0.1, 0.15) is 12.1 Å². The molecule has 0 aliphatic heterocycles. The van der Waals surface area contributed by atoms with Gasteiger partial charge >= 0.3 is 12.1 Å². The largest absolute Gasteiger partial charge is 0.481 e. The lowest BCUT2D eigenvalue weighted by Gasteiger charge is -2.19. The first-order chi connectivity index (χ1) is 16.4. The predicted molar refractivity (Wildman–Crippen MR) is 124 cm³/mol. The number of aromatic nitrogens is 1. The number of alkyl carbamates (subject to hydrolysis) is 1. The lowest BCUT2D eigenvalue weighted by Crippen LogP contribution is -2.46. The number of carbonyl (C=O) groups excluding carboxylic acids is 2. The number of benzene rings is 2. The Morgan fingerprint density at radius 3 is 2.18 bits per heavy atom. The van der Waals surface area contributed by atoms with E-state index in [1.54, 1.807) is 12.1 Å². The highest BCUT2D eigenvalue weighted by molar-refractivity contribution is 6.02. The van der Waals surface area contributed by atoms with Gasteiger partial charge in [0.15, 0.2) is 0 Å². The zero-order valence-corrected chi connectivity index (χ0v) is 18.3. The molecule has 0 atom stereocenters. The summed E-state index contributed by atoms with van der Waals surface area (Å²) in [5.41, 5.74) is 4.34. The van der Waals surface area contributed by atoms with E-state index in [1.807, 2.05) is 36.4 Å². The first-order valence-electron chi connectivity index (χ1n) is 11.1. The summed E-state index contributed by atoms with van der Waals surface area (Å²) in [7, 11) is 0. The fraction of sp³-hybridized carbons (Fsp3) is 0.231. The number of pyridine rings is 1. The Morgan fingerprint density at radius 2 is 1.62 bits per heavy atom. The molecule has 34 heavy (non-hydrogen) atoms.